The molecule has 1 amide bonds. The average Bonchev–Trinajstić information content (AvgIpc) is 2.46. The summed E-state index contributed by atoms with van der Waals surface area (Å²) in [6.07, 6.45) is 4.63. The van der Waals surface area contributed by atoms with E-state index in [1.54, 1.807) is 6.20 Å². The summed E-state index contributed by atoms with van der Waals surface area (Å²) in [5.41, 5.74) is 2.37. The van der Waals surface area contributed by atoms with Gasteiger partial charge in [-0.15, -0.1) is 0 Å². The van der Waals surface area contributed by atoms with Crippen LogP contribution in [0.3, 0.4) is 0 Å². The van der Waals surface area contributed by atoms with Crippen LogP contribution < -0.4 is 10.6 Å². The van der Waals surface area contributed by atoms with Crippen molar-refractivity contribution in [3.05, 3.63) is 23.5 Å². The van der Waals surface area contributed by atoms with Crippen LogP contribution in [0.4, 0.5) is 5.69 Å². The molecule has 5 nitrogen and oxygen atoms in total. The van der Waals surface area contributed by atoms with E-state index < -0.39 is 0 Å². The van der Waals surface area contributed by atoms with Crippen molar-refractivity contribution in [2.45, 2.75) is 39.2 Å². The number of ether oxygens (including phenoxy) is 1. The highest BCUT2D eigenvalue weighted by atomic mass is 16.5. The van der Waals surface area contributed by atoms with Gasteiger partial charge in [-0.3, -0.25) is 9.78 Å². The summed E-state index contributed by atoms with van der Waals surface area (Å²) in [6, 6.07) is 2.03. The molecule has 1 aromatic rings. The quantitative estimate of drug-likeness (QED) is 0.865. The van der Waals surface area contributed by atoms with Crippen molar-refractivity contribution >= 4 is 11.6 Å². The highest BCUT2D eigenvalue weighted by molar-refractivity contribution is 5.99. The first kappa shape index (κ1) is 14.8. The lowest BCUT2D eigenvalue weighted by Gasteiger charge is -2.23. The van der Waals surface area contributed by atoms with E-state index >= 15 is 0 Å². The van der Waals surface area contributed by atoms with Crippen molar-refractivity contribution in [1.82, 2.24) is 10.3 Å². The largest absolute Gasteiger partial charge is 0.384 e. The first-order chi connectivity index (χ1) is 9.70. The van der Waals surface area contributed by atoms with E-state index in [0.29, 0.717) is 12.2 Å². The number of hydrogen-bond donors (Lipinski definition) is 2. The number of amides is 1. The Hall–Kier alpha value is -1.62. The zero-order chi connectivity index (χ0) is 14.4. The van der Waals surface area contributed by atoms with E-state index in [-0.39, 0.29) is 11.9 Å². The fourth-order valence-electron chi connectivity index (χ4n) is 2.26. The molecule has 1 aromatic heterocycles. The summed E-state index contributed by atoms with van der Waals surface area (Å²) in [4.78, 5) is 16.6. The van der Waals surface area contributed by atoms with Crippen LogP contribution in [0.15, 0.2) is 12.3 Å². The molecule has 1 aliphatic heterocycles. The fraction of sp³-hybridized carbons (Fsp3) is 0.600. The van der Waals surface area contributed by atoms with Gasteiger partial charge >= 0.3 is 0 Å². The van der Waals surface area contributed by atoms with Crippen LogP contribution in [0.1, 0.15) is 42.2 Å². The van der Waals surface area contributed by atoms with Crippen molar-refractivity contribution in [2.24, 2.45) is 0 Å². The number of anilines is 1. The van der Waals surface area contributed by atoms with Gasteiger partial charge in [-0.1, -0.05) is 6.92 Å². The van der Waals surface area contributed by atoms with Crippen LogP contribution in [0.5, 0.6) is 0 Å². The zero-order valence-corrected chi connectivity index (χ0v) is 12.2. The molecule has 2 N–H and O–H groups in total. The molecule has 1 saturated heterocycles. The number of carbonyl (C=O) groups is 1. The third-order valence-electron chi connectivity index (χ3n) is 3.35. The van der Waals surface area contributed by atoms with Gasteiger partial charge in [0.2, 0.25) is 0 Å². The van der Waals surface area contributed by atoms with Gasteiger partial charge in [-0.05, 0) is 32.3 Å². The highest BCUT2D eigenvalue weighted by Gasteiger charge is 2.19. The maximum absolute atomic E-state index is 12.4. The first-order valence-electron chi connectivity index (χ1n) is 7.30. The molecule has 2 heterocycles. The number of aromatic nitrogens is 1. The van der Waals surface area contributed by atoms with E-state index in [2.05, 4.69) is 22.5 Å². The van der Waals surface area contributed by atoms with Gasteiger partial charge in [0.05, 0.1) is 23.9 Å². The minimum atomic E-state index is -0.0772. The molecule has 1 unspecified atom stereocenters. The Kier molecular flexibility index (Phi) is 5.35. The second kappa shape index (κ2) is 7.24. The normalized spacial score (nSPS) is 18.6. The molecular weight excluding hydrogens is 254 g/mol. The van der Waals surface area contributed by atoms with Gasteiger partial charge in [0.15, 0.2) is 0 Å². The minimum absolute atomic E-state index is 0.0772. The topological polar surface area (TPSA) is 63.2 Å². The van der Waals surface area contributed by atoms with E-state index in [1.807, 2.05) is 13.0 Å². The predicted molar refractivity (Wildman–Crippen MR) is 79.1 cm³/mol. The lowest BCUT2D eigenvalue weighted by Crippen LogP contribution is -2.40. The summed E-state index contributed by atoms with van der Waals surface area (Å²) in [5.74, 6) is -0.0772. The molecule has 20 heavy (non-hydrogen) atoms. The summed E-state index contributed by atoms with van der Waals surface area (Å²) >= 11 is 0. The Morgan fingerprint density at radius 1 is 1.55 bits per heavy atom. The van der Waals surface area contributed by atoms with Crippen molar-refractivity contribution in [2.75, 3.05) is 25.1 Å². The second-order valence-electron chi connectivity index (χ2n) is 5.19. The van der Waals surface area contributed by atoms with Crippen LogP contribution in [0.25, 0.3) is 0 Å². The minimum Gasteiger partial charge on any atom is -0.384 e. The monoisotopic (exact) mass is 277 g/mol. The number of rotatable bonds is 5. The van der Waals surface area contributed by atoms with E-state index in [0.717, 1.165) is 43.8 Å². The van der Waals surface area contributed by atoms with E-state index in [9.17, 15) is 4.79 Å². The van der Waals surface area contributed by atoms with Crippen molar-refractivity contribution < 1.29 is 9.53 Å². The van der Waals surface area contributed by atoms with Gasteiger partial charge in [0, 0.05) is 25.0 Å². The number of pyridine rings is 1. The molecule has 0 bridgehead atoms. The molecule has 0 aliphatic carbocycles. The average molecular weight is 277 g/mol. The molecule has 110 valence electrons. The molecule has 0 radical (unpaired) electrons. The number of hydrogen-bond acceptors (Lipinski definition) is 4. The van der Waals surface area contributed by atoms with Crippen LogP contribution in [0, 0.1) is 6.92 Å². The standard InChI is InChI=1S/C15H23N3O2/c1-3-6-16-14-8-11(2)17-9-13(14)15(19)18-12-5-4-7-20-10-12/h8-9,12H,3-7,10H2,1-2H3,(H,16,17)(H,18,19). The molecule has 1 atom stereocenters. The van der Waals surface area contributed by atoms with Gasteiger partial charge in [-0.2, -0.15) is 0 Å². The molecule has 2 rings (SSSR count). The highest BCUT2D eigenvalue weighted by Crippen LogP contribution is 2.17. The Bertz CT molecular complexity index is 456. The SMILES string of the molecule is CCCNc1cc(C)ncc1C(=O)NC1CCCOC1. The fourth-order valence-corrected chi connectivity index (χ4v) is 2.26. The summed E-state index contributed by atoms with van der Waals surface area (Å²) in [6.45, 7) is 6.26. The molecule has 5 heteroatoms. The lowest BCUT2D eigenvalue weighted by molar-refractivity contribution is 0.0624. The zero-order valence-electron chi connectivity index (χ0n) is 12.2. The van der Waals surface area contributed by atoms with Gasteiger partial charge in [0.25, 0.3) is 5.91 Å². The van der Waals surface area contributed by atoms with Gasteiger partial charge < -0.3 is 15.4 Å². The second-order valence-corrected chi connectivity index (χ2v) is 5.19. The van der Waals surface area contributed by atoms with Crippen LogP contribution in [-0.4, -0.2) is 36.7 Å². The summed E-state index contributed by atoms with van der Waals surface area (Å²) in [7, 11) is 0. The van der Waals surface area contributed by atoms with Gasteiger partial charge in [-0.25, -0.2) is 0 Å². The third kappa shape index (κ3) is 3.93. The van der Waals surface area contributed by atoms with E-state index in [4.69, 9.17) is 4.74 Å². The predicted octanol–water partition coefficient (Wildman–Crippen LogP) is 2.12. The number of aryl methyl sites for hydroxylation is 1. The summed E-state index contributed by atoms with van der Waals surface area (Å²) < 4.78 is 5.39. The maximum Gasteiger partial charge on any atom is 0.255 e. The van der Waals surface area contributed by atoms with Gasteiger partial charge in [0.1, 0.15) is 0 Å². The Balaban J connectivity index is 2.07. The molecule has 0 aromatic carbocycles. The number of carbonyl (C=O) groups excluding carboxylic acids is 1. The molecule has 0 saturated carbocycles. The number of nitrogens with zero attached hydrogens (tertiary/aromatic N) is 1. The molecule has 1 aliphatic rings. The smallest absolute Gasteiger partial charge is 0.255 e. The van der Waals surface area contributed by atoms with Crippen molar-refractivity contribution in [3.63, 3.8) is 0 Å². The summed E-state index contributed by atoms with van der Waals surface area (Å²) in [5, 5.41) is 6.32. The van der Waals surface area contributed by atoms with Crippen LogP contribution in [-0.2, 0) is 4.74 Å². The lowest BCUT2D eigenvalue weighted by atomic mass is 10.1. The Morgan fingerprint density at radius 2 is 2.40 bits per heavy atom. The maximum atomic E-state index is 12.4. The van der Waals surface area contributed by atoms with Crippen LogP contribution in [0.2, 0.25) is 0 Å². The molecular formula is C15H23N3O2. The molecule has 1 fully saturated rings. The Labute approximate surface area is 120 Å². The van der Waals surface area contributed by atoms with Crippen molar-refractivity contribution in [1.29, 1.82) is 0 Å². The van der Waals surface area contributed by atoms with E-state index in [1.165, 1.54) is 0 Å². The Morgan fingerprint density at radius 3 is 3.10 bits per heavy atom. The third-order valence-corrected chi connectivity index (χ3v) is 3.35. The number of nitrogens with one attached hydrogen (secondary N) is 2. The molecule has 0 spiro atoms. The van der Waals surface area contributed by atoms with Crippen LogP contribution >= 0.6 is 0 Å². The first-order valence-corrected chi connectivity index (χ1v) is 7.30. The van der Waals surface area contributed by atoms with Crippen molar-refractivity contribution in [3.8, 4) is 0 Å².